The first-order chi connectivity index (χ1) is 9.16. The van der Waals surface area contributed by atoms with E-state index in [2.05, 4.69) is 4.90 Å². The molecule has 0 amide bonds. The van der Waals surface area contributed by atoms with Crippen LogP contribution >= 0.6 is 0 Å². The zero-order valence-corrected chi connectivity index (χ0v) is 11.1. The van der Waals surface area contributed by atoms with Crippen molar-refractivity contribution >= 4 is 11.4 Å². The van der Waals surface area contributed by atoms with Gasteiger partial charge in [-0.05, 0) is 6.07 Å². The van der Waals surface area contributed by atoms with Gasteiger partial charge in [-0.1, -0.05) is 6.07 Å². The zero-order chi connectivity index (χ0) is 13.7. The van der Waals surface area contributed by atoms with Gasteiger partial charge in [0.05, 0.1) is 18.1 Å². The van der Waals surface area contributed by atoms with Gasteiger partial charge in [0.15, 0.2) is 0 Å². The highest BCUT2D eigenvalue weighted by Crippen LogP contribution is 2.19. The molecule has 0 bridgehead atoms. The summed E-state index contributed by atoms with van der Waals surface area (Å²) in [6.45, 7) is 5.30. The monoisotopic (exact) mass is 265 g/mol. The van der Waals surface area contributed by atoms with Crippen LogP contribution in [0.1, 0.15) is 0 Å². The van der Waals surface area contributed by atoms with Crippen molar-refractivity contribution in [3.63, 3.8) is 0 Å². The number of nitro groups is 1. The topological polar surface area (TPSA) is 58.8 Å². The molecule has 0 saturated carbocycles. The van der Waals surface area contributed by atoms with E-state index in [-0.39, 0.29) is 10.6 Å². The number of nitrogens with zero attached hydrogens (tertiary/aromatic N) is 3. The first-order valence-electron chi connectivity index (χ1n) is 6.42. The molecule has 0 aliphatic carbocycles. The number of benzene rings is 1. The summed E-state index contributed by atoms with van der Waals surface area (Å²) in [4.78, 5) is 14.8. The van der Waals surface area contributed by atoms with E-state index in [4.69, 9.17) is 4.74 Å². The highest BCUT2D eigenvalue weighted by atomic mass is 16.6. The van der Waals surface area contributed by atoms with Crippen LogP contribution in [0.2, 0.25) is 0 Å². The molecule has 1 saturated heterocycles. The first-order valence-corrected chi connectivity index (χ1v) is 6.42. The molecule has 6 heteroatoms. The van der Waals surface area contributed by atoms with Crippen molar-refractivity contribution in [1.82, 2.24) is 4.90 Å². The Hall–Kier alpha value is -1.66. The number of non-ortho nitro benzene ring substituents is 1. The van der Waals surface area contributed by atoms with Gasteiger partial charge in [-0.2, -0.15) is 0 Å². The average Bonchev–Trinajstić information content (AvgIpc) is 2.46. The Morgan fingerprint density at radius 1 is 1.42 bits per heavy atom. The summed E-state index contributed by atoms with van der Waals surface area (Å²) in [5.41, 5.74) is 1.01. The third kappa shape index (κ3) is 3.90. The molecule has 1 heterocycles. The molecule has 0 unspecified atom stereocenters. The van der Waals surface area contributed by atoms with Crippen LogP contribution in [0.5, 0.6) is 0 Å². The highest BCUT2D eigenvalue weighted by Gasteiger charge is 2.12. The lowest BCUT2D eigenvalue weighted by atomic mass is 10.2. The molecule has 0 atom stereocenters. The molecule has 1 aliphatic rings. The average molecular weight is 265 g/mol. The molecule has 104 valence electrons. The normalized spacial score (nSPS) is 16.3. The fraction of sp³-hybridized carbons (Fsp3) is 0.538. The minimum Gasteiger partial charge on any atom is -0.379 e. The second-order valence-electron chi connectivity index (χ2n) is 4.65. The molecule has 1 aromatic rings. The third-order valence-corrected chi connectivity index (χ3v) is 3.34. The number of ether oxygens (including phenoxy) is 1. The fourth-order valence-electron chi connectivity index (χ4n) is 2.09. The second-order valence-corrected chi connectivity index (χ2v) is 4.65. The molecule has 0 N–H and O–H groups in total. The first kappa shape index (κ1) is 13.8. The number of hydrogen-bond donors (Lipinski definition) is 0. The van der Waals surface area contributed by atoms with Gasteiger partial charge < -0.3 is 9.64 Å². The Balaban J connectivity index is 1.89. The standard InChI is InChI=1S/C13H19N3O3/c1-14(5-6-15-7-9-19-10-8-15)12-3-2-4-13(11-12)16(17)18/h2-4,11H,5-10H2,1H3. The minimum absolute atomic E-state index is 0.135. The Bertz CT molecular complexity index is 433. The predicted octanol–water partition coefficient (Wildman–Crippen LogP) is 1.36. The van der Waals surface area contributed by atoms with Gasteiger partial charge in [-0.15, -0.1) is 0 Å². The van der Waals surface area contributed by atoms with Gasteiger partial charge in [-0.3, -0.25) is 15.0 Å². The summed E-state index contributed by atoms with van der Waals surface area (Å²) in [5.74, 6) is 0. The van der Waals surface area contributed by atoms with Crippen LogP contribution in [0.15, 0.2) is 24.3 Å². The van der Waals surface area contributed by atoms with Gasteiger partial charge in [-0.25, -0.2) is 0 Å². The molecule has 0 radical (unpaired) electrons. The van der Waals surface area contributed by atoms with E-state index < -0.39 is 0 Å². The lowest BCUT2D eigenvalue weighted by Crippen LogP contribution is -2.40. The Labute approximate surface area is 112 Å². The van der Waals surface area contributed by atoms with E-state index in [1.54, 1.807) is 12.1 Å². The number of hydrogen-bond acceptors (Lipinski definition) is 5. The number of nitro benzene ring substituents is 1. The van der Waals surface area contributed by atoms with Crippen molar-refractivity contribution in [1.29, 1.82) is 0 Å². The van der Waals surface area contributed by atoms with Crippen molar-refractivity contribution in [2.24, 2.45) is 0 Å². The Kier molecular flexibility index (Phi) is 4.70. The molecular weight excluding hydrogens is 246 g/mol. The largest absolute Gasteiger partial charge is 0.379 e. The number of likely N-dealkylation sites (N-methyl/N-ethyl adjacent to an activating group) is 1. The second kappa shape index (κ2) is 6.49. The van der Waals surface area contributed by atoms with Gasteiger partial charge >= 0.3 is 0 Å². The summed E-state index contributed by atoms with van der Waals surface area (Å²) in [5, 5.41) is 10.7. The Morgan fingerprint density at radius 2 is 2.16 bits per heavy atom. The molecule has 0 aromatic heterocycles. The highest BCUT2D eigenvalue weighted by molar-refractivity contribution is 5.52. The number of rotatable bonds is 5. The van der Waals surface area contributed by atoms with Crippen LogP contribution in [0.3, 0.4) is 0 Å². The van der Waals surface area contributed by atoms with E-state index in [0.717, 1.165) is 45.1 Å². The van der Waals surface area contributed by atoms with E-state index in [9.17, 15) is 10.1 Å². The minimum atomic E-state index is -0.362. The molecule has 1 fully saturated rings. The SMILES string of the molecule is CN(CCN1CCOCC1)c1cccc([N+](=O)[O-])c1. The maximum Gasteiger partial charge on any atom is 0.271 e. The Morgan fingerprint density at radius 3 is 2.84 bits per heavy atom. The molecular formula is C13H19N3O3. The van der Waals surface area contributed by atoms with E-state index >= 15 is 0 Å². The van der Waals surface area contributed by atoms with Crippen molar-refractivity contribution < 1.29 is 9.66 Å². The molecule has 1 aliphatic heterocycles. The zero-order valence-electron chi connectivity index (χ0n) is 11.1. The van der Waals surface area contributed by atoms with Crippen molar-refractivity contribution in [3.05, 3.63) is 34.4 Å². The van der Waals surface area contributed by atoms with Gasteiger partial charge in [0.25, 0.3) is 5.69 Å². The third-order valence-electron chi connectivity index (χ3n) is 3.34. The van der Waals surface area contributed by atoms with Crippen molar-refractivity contribution in [3.8, 4) is 0 Å². The maximum atomic E-state index is 10.7. The van der Waals surface area contributed by atoms with Crippen LogP contribution < -0.4 is 4.90 Å². The summed E-state index contributed by atoms with van der Waals surface area (Å²) in [6, 6.07) is 6.74. The number of morpholine rings is 1. The lowest BCUT2D eigenvalue weighted by molar-refractivity contribution is -0.384. The fourth-order valence-corrected chi connectivity index (χ4v) is 2.09. The maximum absolute atomic E-state index is 10.7. The van der Waals surface area contributed by atoms with Crippen molar-refractivity contribution in [2.75, 3.05) is 51.3 Å². The quantitative estimate of drug-likeness (QED) is 0.594. The van der Waals surface area contributed by atoms with Gasteiger partial charge in [0.1, 0.15) is 0 Å². The lowest BCUT2D eigenvalue weighted by Gasteiger charge is -2.29. The van der Waals surface area contributed by atoms with Crippen LogP contribution in [-0.4, -0.2) is 56.3 Å². The molecule has 6 nitrogen and oxygen atoms in total. The molecule has 1 aromatic carbocycles. The van der Waals surface area contributed by atoms with Gasteiger partial charge in [0, 0.05) is 51.0 Å². The smallest absolute Gasteiger partial charge is 0.271 e. The summed E-state index contributed by atoms with van der Waals surface area (Å²) >= 11 is 0. The van der Waals surface area contributed by atoms with Crippen LogP contribution in [0, 0.1) is 10.1 Å². The molecule has 19 heavy (non-hydrogen) atoms. The van der Waals surface area contributed by atoms with Gasteiger partial charge in [0.2, 0.25) is 0 Å². The van der Waals surface area contributed by atoms with E-state index in [1.807, 2.05) is 18.0 Å². The summed E-state index contributed by atoms with van der Waals surface area (Å²) < 4.78 is 5.30. The number of anilines is 1. The van der Waals surface area contributed by atoms with E-state index in [1.165, 1.54) is 6.07 Å². The van der Waals surface area contributed by atoms with Crippen LogP contribution in [0.25, 0.3) is 0 Å². The summed E-state index contributed by atoms with van der Waals surface area (Å²) in [7, 11) is 1.96. The van der Waals surface area contributed by atoms with Crippen LogP contribution in [-0.2, 0) is 4.74 Å². The molecule has 2 rings (SSSR count). The predicted molar refractivity (Wildman–Crippen MR) is 73.6 cm³/mol. The van der Waals surface area contributed by atoms with Crippen molar-refractivity contribution in [2.45, 2.75) is 0 Å². The van der Waals surface area contributed by atoms with Crippen LogP contribution in [0.4, 0.5) is 11.4 Å². The van der Waals surface area contributed by atoms with E-state index in [0.29, 0.717) is 0 Å². The summed E-state index contributed by atoms with van der Waals surface area (Å²) in [6.07, 6.45) is 0. The molecule has 0 spiro atoms.